The van der Waals surface area contributed by atoms with Crippen molar-refractivity contribution in [3.63, 3.8) is 0 Å². The van der Waals surface area contributed by atoms with E-state index in [2.05, 4.69) is 17.3 Å². The first-order valence-electron chi connectivity index (χ1n) is 6.31. The Hall–Kier alpha value is -1.00. The molecular weight excluding hydrogens is 217 g/mol. The molecule has 0 spiro atoms. The van der Waals surface area contributed by atoms with E-state index < -0.39 is 0 Å². The number of hydrogen-bond acceptors (Lipinski definition) is 3. The highest BCUT2D eigenvalue weighted by Crippen LogP contribution is 2.40. The van der Waals surface area contributed by atoms with Crippen LogP contribution in [0.2, 0.25) is 0 Å². The van der Waals surface area contributed by atoms with Crippen LogP contribution in [0.5, 0.6) is 0 Å². The van der Waals surface area contributed by atoms with Gasteiger partial charge in [0.1, 0.15) is 5.82 Å². The summed E-state index contributed by atoms with van der Waals surface area (Å²) in [6.07, 6.45) is 7.56. The van der Waals surface area contributed by atoms with Crippen LogP contribution < -0.4 is 11.3 Å². The normalized spacial score (nSPS) is 26.1. The molecule has 4 heteroatoms. The molecule has 1 heterocycles. The van der Waals surface area contributed by atoms with Crippen molar-refractivity contribution in [1.82, 2.24) is 10.4 Å². The number of halogens is 1. The number of hydrogen-bond donors (Lipinski definition) is 2. The van der Waals surface area contributed by atoms with Crippen molar-refractivity contribution in [3.05, 3.63) is 29.8 Å². The number of nitrogens with two attached hydrogens (primary N) is 1. The topological polar surface area (TPSA) is 50.9 Å². The van der Waals surface area contributed by atoms with Gasteiger partial charge < -0.3 is 0 Å². The first-order chi connectivity index (χ1) is 8.26. The summed E-state index contributed by atoms with van der Waals surface area (Å²) in [5.74, 6) is 6.53. The predicted octanol–water partition coefficient (Wildman–Crippen LogP) is 2.55. The summed E-state index contributed by atoms with van der Waals surface area (Å²) < 4.78 is 13.7. The van der Waals surface area contributed by atoms with Crippen molar-refractivity contribution in [2.24, 2.45) is 17.7 Å². The van der Waals surface area contributed by atoms with E-state index in [9.17, 15) is 4.39 Å². The summed E-state index contributed by atoms with van der Waals surface area (Å²) >= 11 is 0. The lowest BCUT2D eigenvalue weighted by atomic mass is 9.91. The Morgan fingerprint density at radius 3 is 3.00 bits per heavy atom. The van der Waals surface area contributed by atoms with E-state index in [1.54, 1.807) is 12.3 Å². The average molecular weight is 237 g/mol. The van der Waals surface area contributed by atoms with Gasteiger partial charge in [0, 0.05) is 11.8 Å². The maximum absolute atomic E-state index is 13.7. The summed E-state index contributed by atoms with van der Waals surface area (Å²) in [6, 6.07) is 1.63. The molecule has 0 aromatic carbocycles. The molecule has 0 saturated heterocycles. The standard InChI is InChI=1S/C13H20FN3/c1-2-9-3-4-10(7-9)13(17-15)11-5-6-16-8-12(11)14/h5-6,8-10,13,17H,2-4,7,15H2,1H3. The van der Waals surface area contributed by atoms with Gasteiger partial charge >= 0.3 is 0 Å². The van der Waals surface area contributed by atoms with Crippen LogP contribution in [-0.4, -0.2) is 4.98 Å². The minimum Gasteiger partial charge on any atom is -0.271 e. The third-order valence-corrected chi connectivity index (χ3v) is 3.95. The summed E-state index contributed by atoms with van der Waals surface area (Å²) in [5, 5.41) is 0. The van der Waals surface area contributed by atoms with Gasteiger partial charge in [-0.25, -0.2) is 4.39 Å². The third kappa shape index (κ3) is 2.64. The molecular formula is C13H20FN3. The summed E-state index contributed by atoms with van der Waals surface area (Å²) in [7, 11) is 0. The minimum atomic E-state index is -0.268. The molecule has 1 aliphatic rings. The van der Waals surface area contributed by atoms with Gasteiger partial charge in [0.05, 0.1) is 12.2 Å². The van der Waals surface area contributed by atoms with E-state index in [0.717, 1.165) is 18.8 Å². The third-order valence-electron chi connectivity index (χ3n) is 3.95. The van der Waals surface area contributed by atoms with Gasteiger partial charge in [-0.2, -0.15) is 0 Å². The molecule has 3 unspecified atom stereocenters. The predicted molar refractivity (Wildman–Crippen MR) is 65.4 cm³/mol. The smallest absolute Gasteiger partial charge is 0.146 e. The minimum absolute atomic E-state index is 0.0884. The fourth-order valence-electron chi connectivity index (χ4n) is 2.91. The van der Waals surface area contributed by atoms with E-state index >= 15 is 0 Å². The van der Waals surface area contributed by atoms with Crippen molar-refractivity contribution in [2.75, 3.05) is 0 Å². The van der Waals surface area contributed by atoms with Gasteiger partial charge in [0.15, 0.2) is 0 Å². The van der Waals surface area contributed by atoms with Crippen LogP contribution in [0.15, 0.2) is 18.5 Å². The van der Waals surface area contributed by atoms with Crippen LogP contribution in [0.25, 0.3) is 0 Å². The quantitative estimate of drug-likeness (QED) is 0.625. The van der Waals surface area contributed by atoms with Crippen molar-refractivity contribution in [3.8, 4) is 0 Å². The lowest BCUT2D eigenvalue weighted by Crippen LogP contribution is -2.33. The summed E-state index contributed by atoms with van der Waals surface area (Å²) in [6.45, 7) is 2.21. The molecule has 1 aliphatic carbocycles. The van der Waals surface area contributed by atoms with E-state index in [-0.39, 0.29) is 11.9 Å². The van der Waals surface area contributed by atoms with Gasteiger partial charge in [-0.3, -0.25) is 16.3 Å². The second-order valence-corrected chi connectivity index (χ2v) is 4.89. The highest BCUT2D eigenvalue weighted by molar-refractivity contribution is 5.18. The highest BCUT2D eigenvalue weighted by atomic mass is 19.1. The molecule has 3 nitrogen and oxygen atoms in total. The molecule has 1 aromatic rings. The van der Waals surface area contributed by atoms with Crippen LogP contribution >= 0.6 is 0 Å². The number of pyridine rings is 1. The number of aromatic nitrogens is 1. The lowest BCUT2D eigenvalue weighted by molar-refractivity contribution is 0.348. The zero-order valence-electron chi connectivity index (χ0n) is 10.2. The van der Waals surface area contributed by atoms with Crippen molar-refractivity contribution < 1.29 is 4.39 Å². The molecule has 0 amide bonds. The highest BCUT2D eigenvalue weighted by Gasteiger charge is 2.31. The number of nitrogens with one attached hydrogen (secondary N) is 1. The molecule has 1 aromatic heterocycles. The van der Waals surface area contributed by atoms with E-state index in [4.69, 9.17) is 5.84 Å². The second-order valence-electron chi connectivity index (χ2n) is 4.89. The number of hydrazine groups is 1. The van der Waals surface area contributed by atoms with E-state index in [1.165, 1.54) is 19.0 Å². The fourth-order valence-corrected chi connectivity index (χ4v) is 2.91. The zero-order chi connectivity index (χ0) is 12.3. The zero-order valence-corrected chi connectivity index (χ0v) is 10.2. The largest absolute Gasteiger partial charge is 0.271 e. The maximum atomic E-state index is 13.7. The van der Waals surface area contributed by atoms with Crippen molar-refractivity contribution in [2.45, 2.75) is 38.6 Å². The van der Waals surface area contributed by atoms with Crippen LogP contribution in [0.3, 0.4) is 0 Å². The number of nitrogens with zero attached hydrogens (tertiary/aromatic N) is 1. The van der Waals surface area contributed by atoms with Crippen LogP contribution in [0.1, 0.15) is 44.2 Å². The maximum Gasteiger partial charge on any atom is 0.146 e. The molecule has 3 atom stereocenters. The van der Waals surface area contributed by atoms with Crippen LogP contribution in [-0.2, 0) is 0 Å². The van der Waals surface area contributed by atoms with Gasteiger partial charge in [0.25, 0.3) is 0 Å². The Balaban J connectivity index is 2.15. The van der Waals surface area contributed by atoms with Gasteiger partial charge in [-0.1, -0.05) is 19.8 Å². The fraction of sp³-hybridized carbons (Fsp3) is 0.615. The second kappa shape index (κ2) is 5.56. The Labute approximate surface area is 102 Å². The number of rotatable bonds is 4. The summed E-state index contributed by atoms with van der Waals surface area (Å²) in [5.41, 5.74) is 3.42. The van der Waals surface area contributed by atoms with E-state index in [1.807, 2.05) is 0 Å². The molecule has 1 fully saturated rings. The monoisotopic (exact) mass is 237 g/mol. The van der Waals surface area contributed by atoms with Gasteiger partial charge in [-0.15, -0.1) is 0 Å². The van der Waals surface area contributed by atoms with Gasteiger partial charge in [0.2, 0.25) is 0 Å². The molecule has 94 valence electrons. The summed E-state index contributed by atoms with van der Waals surface area (Å²) in [4.78, 5) is 3.78. The molecule has 1 saturated carbocycles. The molecule has 17 heavy (non-hydrogen) atoms. The molecule has 3 N–H and O–H groups in total. The molecule has 0 radical (unpaired) electrons. The van der Waals surface area contributed by atoms with Crippen LogP contribution in [0.4, 0.5) is 4.39 Å². The first-order valence-corrected chi connectivity index (χ1v) is 6.31. The SMILES string of the molecule is CCC1CCC(C(NN)c2ccncc2F)C1. The lowest BCUT2D eigenvalue weighted by Gasteiger charge is -2.23. The first kappa shape index (κ1) is 12.5. The molecule has 2 rings (SSSR count). The Bertz CT molecular complexity index is 369. The van der Waals surface area contributed by atoms with Crippen molar-refractivity contribution in [1.29, 1.82) is 0 Å². The van der Waals surface area contributed by atoms with E-state index in [0.29, 0.717) is 11.5 Å². The van der Waals surface area contributed by atoms with Crippen molar-refractivity contribution >= 4 is 0 Å². The van der Waals surface area contributed by atoms with Crippen LogP contribution in [0, 0.1) is 17.7 Å². The average Bonchev–Trinajstić information content (AvgIpc) is 2.81. The Morgan fingerprint density at radius 1 is 1.59 bits per heavy atom. The Kier molecular flexibility index (Phi) is 4.07. The van der Waals surface area contributed by atoms with Gasteiger partial charge in [-0.05, 0) is 30.7 Å². The Morgan fingerprint density at radius 2 is 2.41 bits per heavy atom. The molecule has 0 aliphatic heterocycles. The molecule has 0 bridgehead atoms.